The second kappa shape index (κ2) is 8.15. The van der Waals surface area contributed by atoms with Crippen LogP contribution in [0.25, 0.3) is 0 Å². The van der Waals surface area contributed by atoms with Crippen LogP contribution in [0.1, 0.15) is 43.4 Å². The van der Waals surface area contributed by atoms with Crippen molar-refractivity contribution in [2.45, 2.75) is 51.0 Å². The molecule has 1 aromatic heterocycles. The summed E-state index contributed by atoms with van der Waals surface area (Å²) in [6, 6.07) is 14.0. The molecule has 1 fully saturated rings. The molecule has 1 aromatic carbocycles. The number of aryl methyl sites for hydroxylation is 2. The zero-order chi connectivity index (χ0) is 17.7. The highest BCUT2D eigenvalue weighted by Crippen LogP contribution is 2.34. The van der Waals surface area contributed by atoms with Crippen LogP contribution in [0.5, 0.6) is 0 Å². The first-order valence-electron chi connectivity index (χ1n) is 8.82. The molecule has 1 saturated carbocycles. The molecule has 0 unspecified atom stereocenters. The van der Waals surface area contributed by atoms with Gasteiger partial charge < -0.3 is 10.6 Å². The molecular weight excluding hydrogens is 350 g/mol. The standard InChI is InChI=1S/C20H24ClN3S/c1-15-5-4-6-18(22-15)23-19(25)24-20(12-2-3-13-20)14-11-16-7-9-17(21)10-8-16/h4-10H,2-3,11-14H2,1H3,(H2,22,23,24,25). The molecule has 25 heavy (non-hydrogen) atoms. The zero-order valence-corrected chi connectivity index (χ0v) is 16.1. The molecule has 0 atom stereocenters. The van der Waals surface area contributed by atoms with Gasteiger partial charge in [0.15, 0.2) is 5.11 Å². The molecule has 0 spiro atoms. The summed E-state index contributed by atoms with van der Waals surface area (Å²) in [5.41, 5.74) is 2.37. The van der Waals surface area contributed by atoms with Crippen LogP contribution in [0.3, 0.4) is 0 Å². The monoisotopic (exact) mass is 373 g/mol. The lowest BCUT2D eigenvalue weighted by Gasteiger charge is -2.32. The fraction of sp³-hybridized carbons (Fsp3) is 0.400. The summed E-state index contributed by atoms with van der Waals surface area (Å²) in [6.45, 7) is 1.98. The van der Waals surface area contributed by atoms with Gasteiger partial charge in [-0.3, -0.25) is 0 Å². The van der Waals surface area contributed by atoms with Crippen molar-refractivity contribution in [2.24, 2.45) is 0 Å². The third-order valence-electron chi connectivity index (χ3n) is 4.87. The Hall–Kier alpha value is -1.65. The van der Waals surface area contributed by atoms with Gasteiger partial charge in [-0.15, -0.1) is 0 Å². The molecule has 3 nitrogen and oxygen atoms in total. The van der Waals surface area contributed by atoms with Gasteiger partial charge in [-0.25, -0.2) is 4.98 Å². The summed E-state index contributed by atoms with van der Waals surface area (Å²) in [5, 5.41) is 8.28. The number of hydrogen-bond donors (Lipinski definition) is 2. The van der Waals surface area contributed by atoms with Crippen LogP contribution >= 0.6 is 23.8 Å². The molecule has 0 saturated heterocycles. The van der Waals surface area contributed by atoms with Crippen LogP contribution in [0.15, 0.2) is 42.5 Å². The van der Waals surface area contributed by atoms with Crippen molar-refractivity contribution in [1.82, 2.24) is 10.3 Å². The summed E-state index contributed by atoms with van der Waals surface area (Å²) < 4.78 is 0. The predicted molar refractivity (Wildman–Crippen MR) is 109 cm³/mol. The van der Waals surface area contributed by atoms with E-state index in [4.69, 9.17) is 23.8 Å². The van der Waals surface area contributed by atoms with Crippen LogP contribution < -0.4 is 10.6 Å². The quantitative estimate of drug-likeness (QED) is 0.699. The normalized spacial score (nSPS) is 15.8. The molecule has 0 aliphatic heterocycles. The first-order valence-corrected chi connectivity index (χ1v) is 9.61. The molecule has 0 bridgehead atoms. The molecular formula is C20H24ClN3S. The van der Waals surface area contributed by atoms with Crippen molar-refractivity contribution < 1.29 is 0 Å². The van der Waals surface area contributed by atoms with Crippen molar-refractivity contribution in [3.05, 3.63) is 58.7 Å². The van der Waals surface area contributed by atoms with E-state index >= 15 is 0 Å². The van der Waals surface area contributed by atoms with Crippen molar-refractivity contribution in [2.75, 3.05) is 5.32 Å². The molecule has 1 aliphatic rings. The topological polar surface area (TPSA) is 37.0 Å². The fourth-order valence-electron chi connectivity index (χ4n) is 3.53. The number of hydrogen-bond acceptors (Lipinski definition) is 2. The molecule has 0 amide bonds. The van der Waals surface area contributed by atoms with Gasteiger partial charge in [-0.05, 0) is 74.7 Å². The SMILES string of the molecule is Cc1cccc(NC(=S)NC2(CCc3ccc(Cl)cc3)CCCC2)n1. The Balaban J connectivity index is 1.61. The van der Waals surface area contributed by atoms with Crippen molar-refractivity contribution in [1.29, 1.82) is 0 Å². The third kappa shape index (κ3) is 5.16. The number of aromatic nitrogens is 1. The van der Waals surface area contributed by atoms with E-state index in [0.29, 0.717) is 5.11 Å². The Bertz CT molecular complexity index is 724. The maximum Gasteiger partial charge on any atom is 0.172 e. The molecule has 132 valence electrons. The largest absolute Gasteiger partial charge is 0.357 e. The summed E-state index contributed by atoms with van der Waals surface area (Å²) in [6.07, 6.45) is 6.90. The number of benzene rings is 1. The van der Waals surface area contributed by atoms with Crippen LogP contribution in [-0.2, 0) is 6.42 Å². The van der Waals surface area contributed by atoms with Gasteiger partial charge in [0.2, 0.25) is 0 Å². The summed E-state index contributed by atoms with van der Waals surface area (Å²) in [5.74, 6) is 0.795. The second-order valence-corrected chi connectivity index (χ2v) is 7.70. The van der Waals surface area contributed by atoms with Gasteiger partial charge in [0, 0.05) is 16.3 Å². The summed E-state index contributed by atoms with van der Waals surface area (Å²) >= 11 is 11.5. The van der Waals surface area contributed by atoms with E-state index in [1.165, 1.54) is 18.4 Å². The average molecular weight is 374 g/mol. The predicted octanol–water partition coefficient (Wildman–Crippen LogP) is 5.28. The zero-order valence-electron chi connectivity index (χ0n) is 14.5. The third-order valence-corrected chi connectivity index (χ3v) is 5.33. The van der Waals surface area contributed by atoms with Gasteiger partial charge >= 0.3 is 0 Å². The Morgan fingerprint density at radius 3 is 2.56 bits per heavy atom. The number of nitrogens with one attached hydrogen (secondary N) is 2. The van der Waals surface area contributed by atoms with Crippen LogP contribution in [0, 0.1) is 6.92 Å². The van der Waals surface area contributed by atoms with Gasteiger partial charge in [0.1, 0.15) is 5.82 Å². The summed E-state index contributed by atoms with van der Waals surface area (Å²) in [7, 11) is 0. The lowest BCUT2D eigenvalue weighted by molar-refractivity contribution is 0.362. The maximum atomic E-state index is 5.98. The second-order valence-electron chi connectivity index (χ2n) is 6.86. The molecule has 2 aromatic rings. The van der Waals surface area contributed by atoms with Crippen molar-refractivity contribution >= 4 is 34.7 Å². The Labute approximate surface area is 160 Å². The van der Waals surface area contributed by atoms with E-state index in [2.05, 4.69) is 27.8 Å². The number of pyridine rings is 1. The number of anilines is 1. The van der Waals surface area contributed by atoms with Gasteiger partial charge in [-0.1, -0.05) is 42.6 Å². The Kier molecular flexibility index (Phi) is 5.92. The van der Waals surface area contributed by atoms with Crippen LogP contribution in [-0.4, -0.2) is 15.6 Å². The molecule has 0 radical (unpaired) electrons. The fourth-order valence-corrected chi connectivity index (χ4v) is 3.97. The highest BCUT2D eigenvalue weighted by atomic mass is 35.5. The average Bonchev–Trinajstić information content (AvgIpc) is 3.03. The Morgan fingerprint density at radius 1 is 1.16 bits per heavy atom. The lowest BCUT2D eigenvalue weighted by atomic mass is 9.89. The van der Waals surface area contributed by atoms with Gasteiger partial charge in [0.25, 0.3) is 0 Å². The number of halogens is 1. The van der Waals surface area contributed by atoms with E-state index in [1.807, 2.05) is 37.3 Å². The van der Waals surface area contributed by atoms with Gasteiger partial charge in [-0.2, -0.15) is 0 Å². The van der Waals surface area contributed by atoms with E-state index in [0.717, 1.165) is 42.2 Å². The summed E-state index contributed by atoms with van der Waals surface area (Å²) in [4.78, 5) is 4.46. The lowest BCUT2D eigenvalue weighted by Crippen LogP contribution is -2.48. The highest BCUT2D eigenvalue weighted by Gasteiger charge is 2.34. The van der Waals surface area contributed by atoms with Crippen LogP contribution in [0.2, 0.25) is 5.02 Å². The van der Waals surface area contributed by atoms with Crippen molar-refractivity contribution in [3.8, 4) is 0 Å². The minimum Gasteiger partial charge on any atom is -0.357 e. The smallest absolute Gasteiger partial charge is 0.172 e. The molecule has 2 N–H and O–H groups in total. The highest BCUT2D eigenvalue weighted by molar-refractivity contribution is 7.80. The van der Waals surface area contributed by atoms with E-state index in [9.17, 15) is 0 Å². The molecule has 1 heterocycles. The first kappa shape index (κ1) is 18.2. The minimum atomic E-state index is 0.0769. The van der Waals surface area contributed by atoms with Gasteiger partial charge in [0.05, 0.1) is 0 Å². The van der Waals surface area contributed by atoms with Crippen LogP contribution in [0.4, 0.5) is 5.82 Å². The molecule has 3 rings (SSSR count). The van der Waals surface area contributed by atoms with E-state index in [1.54, 1.807) is 0 Å². The molecule has 5 heteroatoms. The number of nitrogens with zero attached hydrogens (tertiary/aromatic N) is 1. The first-order chi connectivity index (χ1) is 12.0. The molecule has 1 aliphatic carbocycles. The number of rotatable bonds is 5. The van der Waals surface area contributed by atoms with E-state index in [-0.39, 0.29) is 5.54 Å². The minimum absolute atomic E-state index is 0.0769. The number of thiocarbonyl (C=S) groups is 1. The maximum absolute atomic E-state index is 5.98. The van der Waals surface area contributed by atoms with E-state index < -0.39 is 0 Å². The van der Waals surface area contributed by atoms with Crippen molar-refractivity contribution in [3.63, 3.8) is 0 Å². The Morgan fingerprint density at radius 2 is 1.88 bits per heavy atom.